The number of pyridine rings is 1. The van der Waals surface area contributed by atoms with Crippen molar-refractivity contribution in [2.75, 3.05) is 0 Å². The molecule has 108 valence electrons. The van der Waals surface area contributed by atoms with E-state index in [1.54, 1.807) is 0 Å². The number of nitriles is 1. The second-order valence-corrected chi connectivity index (χ2v) is 6.80. The molecule has 0 aliphatic heterocycles. The Hall–Kier alpha value is -1.56. The van der Waals surface area contributed by atoms with E-state index < -0.39 is 0 Å². The molecule has 1 aromatic heterocycles. The van der Waals surface area contributed by atoms with Crippen LogP contribution in [0.5, 0.6) is 0 Å². The molecule has 0 radical (unpaired) electrons. The Labute approximate surface area is 121 Å². The predicted molar refractivity (Wildman–Crippen MR) is 80.8 cm³/mol. The van der Waals surface area contributed by atoms with Gasteiger partial charge in [-0.2, -0.15) is 5.26 Å². The standard InChI is InChI=1S/C17H24N2O/c1-17(2,3)15-10-9-13(11-12-18)16(20)19(15)14-7-5-4-6-8-14/h9-10,14H,4-8,11H2,1-3H3. The van der Waals surface area contributed by atoms with Gasteiger partial charge in [-0.1, -0.05) is 46.1 Å². The fourth-order valence-electron chi connectivity index (χ4n) is 3.13. The molecule has 3 nitrogen and oxygen atoms in total. The van der Waals surface area contributed by atoms with Crippen molar-refractivity contribution in [2.45, 2.75) is 70.8 Å². The van der Waals surface area contributed by atoms with E-state index in [4.69, 9.17) is 5.26 Å². The van der Waals surface area contributed by atoms with E-state index in [0.29, 0.717) is 11.6 Å². The molecule has 0 amide bonds. The molecule has 1 heterocycles. The number of nitrogens with zero attached hydrogens (tertiary/aromatic N) is 2. The third-order valence-corrected chi connectivity index (χ3v) is 4.17. The summed E-state index contributed by atoms with van der Waals surface area (Å²) in [5, 5.41) is 8.88. The largest absolute Gasteiger partial charge is 0.309 e. The predicted octanol–water partition coefficient (Wildman–Crippen LogP) is 3.72. The molecule has 1 aromatic rings. The van der Waals surface area contributed by atoms with Crippen LogP contribution in [0.15, 0.2) is 16.9 Å². The summed E-state index contributed by atoms with van der Waals surface area (Å²) >= 11 is 0. The molecule has 0 saturated heterocycles. The first-order chi connectivity index (χ1) is 9.45. The van der Waals surface area contributed by atoms with Crippen LogP contribution in [0.2, 0.25) is 0 Å². The lowest BCUT2D eigenvalue weighted by atomic mass is 9.88. The highest BCUT2D eigenvalue weighted by Crippen LogP contribution is 2.31. The van der Waals surface area contributed by atoms with E-state index in [-0.39, 0.29) is 17.4 Å². The van der Waals surface area contributed by atoms with Crippen LogP contribution in [-0.2, 0) is 11.8 Å². The lowest BCUT2D eigenvalue weighted by Gasteiger charge is -2.32. The maximum absolute atomic E-state index is 12.7. The zero-order chi connectivity index (χ0) is 14.8. The SMILES string of the molecule is CC(C)(C)c1ccc(CC#N)c(=O)n1C1CCCCC1. The molecule has 0 unspecified atom stereocenters. The molecule has 0 N–H and O–H groups in total. The number of aromatic nitrogens is 1. The van der Waals surface area contributed by atoms with E-state index in [9.17, 15) is 4.79 Å². The molecular weight excluding hydrogens is 248 g/mol. The molecule has 0 spiro atoms. The molecule has 0 aromatic carbocycles. The first kappa shape index (κ1) is 14.8. The second kappa shape index (κ2) is 5.83. The summed E-state index contributed by atoms with van der Waals surface area (Å²) in [7, 11) is 0. The molecule has 1 aliphatic rings. The fourth-order valence-corrected chi connectivity index (χ4v) is 3.13. The number of rotatable bonds is 2. The van der Waals surface area contributed by atoms with Crippen LogP contribution in [0.1, 0.15) is 70.2 Å². The topological polar surface area (TPSA) is 45.8 Å². The smallest absolute Gasteiger partial charge is 0.255 e. The summed E-state index contributed by atoms with van der Waals surface area (Å²) in [6, 6.07) is 6.29. The minimum absolute atomic E-state index is 0.0471. The Balaban J connectivity index is 2.56. The maximum atomic E-state index is 12.7. The molecule has 3 heteroatoms. The van der Waals surface area contributed by atoms with Crippen LogP contribution in [0.3, 0.4) is 0 Å². The Morgan fingerprint density at radius 3 is 2.45 bits per heavy atom. The molecular formula is C17H24N2O. The molecule has 2 rings (SSSR count). The lowest BCUT2D eigenvalue weighted by Crippen LogP contribution is -2.35. The van der Waals surface area contributed by atoms with Gasteiger partial charge in [-0.15, -0.1) is 0 Å². The van der Waals surface area contributed by atoms with Crippen molar-refractivity contribution >= 4 is 0 Å². The van der Waals surface area contributed by atoms with Crippen LogP contribution in [0, 0.1) is 11.3 Å². The van der Waals surface area contributed by atoms with Gasteiger partial charge in [-0.3, -0.25) is 4.79 Å². The van der Waals surface area contributed by atoms with Crippen molar-refractivity contribution in [2.24, 2.45) is 0 Å². The Kier molecular flexibility index (Phi) is 4.32. The minimum atomic E-state index is -0.0538. The van der Waals surface area contributed by atoms with Gasteiger partial charge >= 0.3 is 0 Å². The lowest BCUT2D eigenvalue weighted by molar-refractivity contribution is 0.324. The average Bonchev–Trinajstić information content (AvgIpc) is 2.41. The summed E-state index contributed by atoms with van der Waals surface area (Å²) in [5.74, 6) is 0. The number of hydrogen-bond donors (Lipinski definition) is 0. The zero-order valence-electron chi connectivity index (χ0n) is 12.8. The van der Waals surface area contributed by atoms with E-state index in [0.717, 1.165) is 18.5 Å². The van der Waals surface area contributed by atoms with Gasteiger partial charge in [0.25, 0.3) is 5.56 Å². The molecule has 0 atom stereocenters. The zero-order valence-corrected chi connectivity index (χ0v) is 12.8. The van der Waals surface area contributed by atoms with Gasteiger partial charge in [0.15, 0.2) is 0 Å². The highest BCUT2D eigenvalue weighted by molar-refractivity contribution is 5.24. The van der Waals surface area contributed by atoms with Crippen LogP contribution < -0.4 is 5.56 Å². The summed E-state index contributed by atoms with van der Waals surface area (Å²) in [6.07, 6.45) is 6.04. The number of hydrogen-bond acceptors (Lipinski definition) is 2. The van der Waals surface area contributed by atoms with Gasteiger partial charge in [0.2, 0.25) is 0 Å². The third-order valence-electron chi connectivity index (χ3n) is 4.17. The van der Waals surface area contributed by atoms with E-state index in [1.165, 1.54) is 19.3 Å². The minimum Gasteiger partial charge on any atom is -0.309 e. The molecule has 0 bridgehead atoms. The molecule has 1 aliphatic carbocycles. The first-order valence-corrected chi connectivity index (χ1v) is 7.57. The van der Waals surface area contributed by atoms with Crippen molar-refractivity contribution in [1.29, 1.82) is 5.26 Å². The summed E-state index contributed by atoms with van der Waals surface area (Å²) in [6.45, 7) is 6.43. The fraction of sp³-hybridized carbons (Fsp3) is 0.647. The van der Waals surface area contributed by atoms with Crippen LogP contribution in [0.25, 0.3) is 0 Å². The Bertz CT molecular complexity index is 566. The van der Waals surface area contributed by atoms with Crippen molar-refractivity contribution in [1.82, 2.24) is 4.57 Å². The third kappa shape index (κ3) is 2.95. The highest BCUT2D eigenvalue weighted by Gasteiger charge is 2.25. The van der Waals surface area contributed by atoms with Gasteiger partial charge in [-0.25, -0.2) is 0 Å². The van der Waals surface area contributed by atoms with Gasteiger partial charge in [0, 0.05) is 22.7 Å². The maximum Gasteiger partial charge on any atom is 0.255 e. The molecule has 1 saturated carbocycles. The summed E-state index contributed by atoms with van der Waals surface area (Å²) in [4.78, 5) is 12.7. The summed E-state index contributed by atoms with van der Waals surface area (Å²) in [5.41, 5.74) is 1.72. The van der Waals surface area contributed by atoms with Gasteiger partial charge in [0.05, 0.1) is 12.5 Å². The van der Waals surface area contributed by atoms with E-state index in [2.05, 4.69) is 26.8 Å². The van der Waals surface area contributed by atoms with Crippen molar-refractivity contribution in [3.8, 4) is 6.07 Å². The van der Waals surface area contributed by atoms with Crippen molar-refractivity contribution in [3.63, 3.8) is 0 Å². The van der Waals surface area contributed by atoms with Crippen molar-refractivity contribution < 1.29 is 0 Å². The summed E-state index contributed by atoms with van der Waals surface area (Å²) < 4.78 is 1.99. The van der Waals surface area contributed by atoms with Crippen LogP contribution in [0.4, 0.5) is 0 Å². The van der Waals surface area contributed by atoms with Gasteiger partial charge in [-0.05, 0) is 18.9 Å². The van der Waals surface area contributed by atoms with Gasteiger partial charge < -0.3 is 4.57 Å². The Morgan fingerprint density at radius 1 is 1.25 bits per heavy atom. The highest BCUT2D eigenvalue weighted by atomic mass is 16.1. The second-order valence-electron chi connectivity index (χ2n) is 6.80. The normalized spacial score (nSPS) is 16.9. The van der Waals surface area contributed by atoms with Crippen molar-refractivity contribution in [3.05, 3.63) is 33.7 Å². The van der Waals surface area contributed by atoms with E-state index >= 15 is 0 Å². The molecule has 20 heavy (non-hydrogen) atoms. The van der Waals surface area contributed by atoms with E-state index in [1.807, 2.05) is 16.7 Å². The van der Waals surface area contributed by atoms with Crippen LogP contribution in [-0.4, -0.2) is 4.57 Å². The Morgan fingerprint density at radius 2 is 1.90 bits per heavy atom. The molecule has 1 fully saturated rings. The average molecular weight is 272 g/mol. The monoisotopic (exact) mass is 272 g/mol. The quantitative estimate of drug-likeness (QED) is 0.823. The van der Waals surface area contributed by atoms with Crippen LogP contribution >= 0.6 is 0 Å². The first-order valence-electron chi connectivity index (χ1n) is 7.57. The van der Waals surface area contributed by atoms with Gasteiger partial charge in [0.1, 0.15) is 0 Å².